The van der Waals surface area contributed by atoms with E-state index in [0.717, 1.165) is 52.2 Å². The maximum Gasteiger partial charge on any atom is 0.281 e. The number of aromatic nitrogens is 2. The van der Waals surface area contributed by atoms with E-state index < -0.39 is 0 Å². The summed E-state index contributed by atoms with van der Waals surface area (Å²) in [5, 5.41) is 4.72. The molecule has 2 aliphatic rings. The lowest BCUT2D eigenvalue weighted by Gasteiger charge is -2.38. The lowest BCUT2D eigenvalue weighted by Crippen LogP contribution is -2.49. The van der Waals surface area contributed by atoms with Crippen molar-refractivity contribution in [1.82, 2.24) is 20.2 Å². The summed E-state index contributed by atoms with van der Waals surface area (Å²) >= 11 is 1.44. The van der Waals surface area contributed by atoms with Gasteiger partial charge in [0.15, 0.2) is 0 Å². The van der Waals surface area contributed by atoms with Crippen molar-refractivity contribution >= 4 is 38.6 Å². The summed E-state index contributed by atoms with van der Waals surface area (Å²) < 4.78 is 12.1. The second-order valence-corrected chi connectivity index (χ2v) is 9.69. The number of carbonyl (C=O) groups is 1. The van der Waals surface area contributed by atoms with Crippen LogP contribution in [-0.2, 0) is 11.3 Å². The summed E-state index contributed by atoms with van der Waals surface area (Å²) in [5.41, 5.74) is 1.70. The molecule has 2 saturated heterocycles. The van der Waals surface area contributed by atoms with Gasteiger partial charge < -0.3 is 14.5 Å². The third kappa shape index (κ3) is 3.73. The SMILES string of the molecule is CC(=O)NC1CC2CCC(C1)N2Cc1cc2cc(Oc3nc4cccnc4s3)ccc2o1. The Labute approximate surface area is 189 Å². The van der Waals surface area contributed by atoms with Crippen LogP contribution in [0, 0.1) is 0 Å². The van der Waals surface area contributed by atoms with Gasteiger partial charge in [0, 0.05) is 36.6 Å². The second kappa shape index (κ2) is 7.86. The van der Waals surface area contributed by atoms with E-state index in [0.29, 0.717) is 23.3 Å². The summed E-state index contributed by atoms with van der Waals surface area (Å²) in [6.07, 6.45) is 6.18. The zero-order chi connectivity index (χ0) is 21.7. The standard InChI is InChI=1S/C24H24N4O3S/c1-14(29)26-16-11-17-4-5-18(12-16)28(17)13-20-10-15-9-19(6-7-22(15)30-20)31-24-27-21-3-2-8-25-23(21)32-24/h2-3,6-10,16-18H,4-5,11-13H2,1H3,(H,26,29). The zero-order valence-electron chi connectivity index (χ0n) is 17.8. The highest BCUT2D eigenvalue weighted by Gasteiger charge is 2.41. The lowest BCUT2D eigenvalue weighted by atomic mass is 9.97. The first-order valence-electron chi connectivity index (χ1n) is 11.1. The molecule has 6 rings (SSSR count). The molecule has 32 heavy (non-hydrogen) atoms. The number of rotatable bonds is 5. The maximum atomic E-state index is 11.4. The summed E-state index contributed by atoms with van der Waals surface area (Å²) in [6, 6.07) is 13.1. The second-order valence-electron chi connectivity index (χ2n) is 8.75. The molecule has 0 spiro atoms. The van der Waals surface area contributed by atoms with Crippen molar-refractivity contribution in [3.8, 4) is 10.9 Å². The van der Waals surface area contributed by atoms with Crippen LogP contribution in [0.4, 0.5) is 0 Å². The van der Waals surface area contributed by atoms with Crippen LogP contribution in [0.5, 0.6) is 10.9 Å². The van der Waals surface area contributed by atoms with Crippen LogP contribution < -0.4 is 10.1 Å². The van der Waals surface area contributed by atoms with Gasteiger partial charge in [0.2, 0.25) is 5.91 Å². The van der Waals surface area contributed by atoms with E-state index in [4.69, 9.17) is 9.15 Å². The van der Waals surface area contributed by atoms with Crippen molar-refractivity contribution < 1.29 is 13.9 Å². The molecule has 2 unspecified atom stereocenters. The molecule has 2 bridgehead atoms. The Kier molecular flexibility index (Phi) is 4.84. The minimum Gasteiger partial charge on any atom is -0.460 e. The van der Waals surface area contributed by atoms with Gasteiger partial charge in [-0.2, -0.15) is 0 Å². The fraction of sp³-hybridized carbons (Fsp3) is 0.375. The molecule has 164 valence electrons. The molecule has 7 nitrogen and oxygen atoms in total. The highest BCUT2D eigenvalue weighted by Crippen LogP contribution is 2.38. The molecule has 1 amide bonds. The van der Waals surface area contributed by atoms with E-state index >= 15 is 0 Å². The molecule has 3 aromatic heterocycles. The van der Waals surface area contributed by atoms with E-state index in [9.17, 15) is 4.79 Å². The third-order valence-electron chi connectivity index (χ3n) is 6.52. The Hall–Kier alpha value is -2.97. The van der Waals surface area contributed by atoms with E-state index in [1.165, 1.54) is 24.2 Å². The van der Waals surface area contributed by atoms with Crippen molar-refractivity contribution in [2.45, 2.75) is 57.3 Å². The first-order valence-corrected chi connectivity index (χ1v) is 11.9. The zero-order valence-corrected chi connectivity index (χ0v) is 18.6. The summed E-state index contributed by atoms with van der Waals surface area (Å²) in [5.74, 6) is 1.77. The van der Waals surface area contributed by atoms with E-state index in [1.807, 2.05) is 30.3 Å². The molecule has 4 aromatic rings. The van der Waals surface area contributed by atoms with E-state index in [1.54, 1.807) is 13.1 Å². The van der Waals surface area contributed by atoms with Crippen LogP contribution in [0.2, 0.25) is 0 Å². The number of hydrogen-bond donors (Lipinski definition) is 1. The Morgan fingerprint density at radius 3 is 2.88 bits per heavy atom. The van der Waals surface area contributed by atoms with Gasteiger partial charge >= 0.3 is 0 Å². The van der Waals surface area contributed by atoms with Gasteiger partial charge in [0.25, 0.3) is 5.19 Å². The summed E-state index contributed by atoms with van der Waals surface area (Å²) in [6.45, 7) is 2.41. The highest BCUT2D eigenvalue weighted by molar-refractivity contribution is 7.19. The topological polar surface area (TPSA) is 80.5 Å². The summed E-state index contributed by atoms with van der Waals surface area (Å²) in [7, 11) is 0. The Morgan fingerprint density at radius 1 is 1.25 bits per heavy atom. The molecule has 8 heteroatoms. The number of ether oxygens (including phenoxy) is 1. The largest absolute Gasteiger partial charge is 0.460 e. The number of hydrogen-bond acceptors (Lipinski definition) is 7. The molecule has 2 atom stereocenters. The van der Waals surface area contributed by atoms with Crippen LogP contribution >= 0.6 is 11.3 Å². The average molecular weight is 449 g/mol. The van der Waals surface area contributed by atoms with Gasteiger partial charge in [-0.05, 0) is 62.1 Å². The molecule has 1 aromatic carbocycles. The van der Waals surface area contributed by atoms with Crippen LogP contribution in [0.1, 0.15) is 38.4 Å². The highest BCUT2D eigenvalue weighted by atomic mass is 32.1. The van der Waals surface area contributed by atoms with Crippen molar-refractivity contribution in [2.24, 2.45) is 0 Å². The smallest absolute Gasteiger partial charge is 0.281 e. The molecule has 0 radical (unpaired) electrons. The normalized spacial score (nSPS) is 23.1. The molecular weight excluding hydrogens is 424 g/mol. The Balaban J connectivity index is 1.17. The minimum atomic E-state index is 0.0697. The average Bonchev–Trinajstić information content (AvgIpc) is 3.41. The van der Waals surface area contributed by atoms with Gasteiger partial charge in [0.05, 0.1) is 6.54 Å². The number of nitrogens with zero attached hydrogens (tertiary/aromatic N) is 3. The first kappa shape index (κ1) is 19.7. The number of furan rings is 1. The number of nitrogens with one attached hydrogen (secondary N) is 1. The van der Waals surface area contributed by atoms with Crippen molar-refractivity contribution in [3.05, 3.63) is 48.4 Å². The van der Waals surface area contributed by atoms with E-state index in [-0.39, 0.29) is 5.91 Å². The molecule has 0 aliphatic carbocycles. The number of thiazole rings is 1. The summed E-state index contributed by atoms with van der Waals surface area (Å²) in [4.78, 5) is 23.7. The predicted octanol–water partition coefficient (Wildman–Crippen LogP) is 4.86. The van der Waals surface area contributed by atoms with Crippen LogP contribution in [0.15, 0.2) is 47.0 Å². The van der Waals surface area contributed by atoms with Gasteiger partial charge in [-0.15, -0.1) is 0 Å². The number of carbonyl (C=O) groups excluding carboxylic acids is 1. The van der Waals surface area contributed by atoms with Gasteiger partial charge in [-0.1, -0.05) is 11.3 Å². The Morgan fingerprint density at radius 2 is 2.09 bits per heavy atom. The first-order chi connectivity index (χ1) is 15.6. The number of fused-ring (bicyclic) bond motifs is 4. The fourth-order valence-electron chi connectivity index (χ4n) is 5.23. The van der Waals surface area contributed by atoms with Crippen LogP contribution in [-0.4, -0.2) is 38.9 Å². The van der Waals surface area contributed by atoms with Crippen LogP contribution in [0.25, 0.3) is 21.3 Å². The quantitative estimate of drug-likeness (QED) is 0.470. The van der Waals surface area contributed by atoms with Gasteiger partial charge in [0.1, 0.15) is 27.4 Å². The van der Waals surface area contributed by atoms with Crippen molar-refractivity contribution in [1.29, 1.82) is 0 Å². The number of amides is 1. The Bertz CT molecular complexity index is 1250. The van der Waals surface area contributed by atoms with Crippen LogP contribution in [0.3, 0.4) is 0 Å². The fourth-order valence-corrected chi connectivity index (χ4v) is 6.01. The molecule has 0 saturated carbocycles. The molecule has 5 heterocycles. The number of pyridine rings is 1. The minimum absolute atomic E-state index is 0.0697. The number of piperidine rings is 1. The molecule has 1 N–H and O–H groups in total. The molecule has 2 aliphatic heterocycles. The number of benzene rings is 1. The monoisotopic (exact) mass is 448 g/mol. The van der Waals surface area contributed by atoms with Gasteiger partial charge in [-0.25, -0.2) is 9.97 Å². The van der Waals surface area contributed by atoms with Crippen molar-refractivity contribution in [3.63, 3.8) is 0 Å². The third-order valence-corrected chi connectivity index (χ3v) is 7.38. The lowest BCUT2D eigenvalue weighted by molar-refractivity contribution is -0.120. The van der Waals surface area contributed by atoms with E-state index in [2.05, 4.69) is 26.3 Å². The van der Waals surface area contributed by atoms with Crippen molar-refractivity contribution in [2.75, 3.05) is 0 Å². The maximum absolute atomic E-state index is 11.4. The predicted molar refractivity (Wildman–Crippen MR) is 123 cm³/mol. The molecular formula is C24H24N4O3S. The van der Waals surface area contributed by atoms with Gasteiger partial charge in [-0.3, -0.25) is 9.69 Å². The molecule has 2 fully saturated rings.